The van der Waals surface area contributed by atoms with Gasteiger partial charge in [-0.05, 0) is 19.4 Å². The number of hydrogen-bond acceptors (Lipinski definition) is 3. The monoisotopic (exact) mass is 296 g/mol. The first-order valence-corrected chi connectivity index (χ1v) is 8.40. The Morgan fingerprint density at radius 2 is 1.86 bits per heavy atom. The maximum atomic E-state index is 6.00. The van der Waals surface area contributed by atoms with Crippen molar-refractivity contribution in [1.82, 2.24) is 9.97 Å². The van der Waals surface area contributed by atoms with Gasteiger partial charge < -0.3 is 4.74 Å². The third-order valence-electron chi connectivity index (χ3n) is 4.20. The first-order chi connectivity index (χ1) is 10.8. The predicted octanol–water partition coefficient (Wildman–Crippen LogP) is 4.99. The van der Waals surface area contributed by atoms with Crippen molar-refractivity contribution in [2.24, 2.45) is 0 Å². The molecule has 0 amide bonds. The zero-order valence-corrected chi connectivity index (χ0v) is 13.6. The number of unbranched alkanes of at least 4 members (excludes halogenated alkanes) is 4. The molecule has 0 aliphatic carbocycles. The van der Waals surface area contributed by atoms with Crippen LogP contribution in [0.2, 0.25) is 0 Å². The number of para-hydroxylation sites is 1. The Morgan fingerprint density at radius 3 is 2.73 bits per heavy atom. The average Bonchev–Trinajstić information content (AvgIpc) is 2.53. The van der Waals surface area contributed by atoms with Crippen molar-refractivity contribution in [3.8, 4) is 11.5 Å². The number of aryl methyl sites for hydroxylation is 2. The van der Waals surface area contributed by atoms with E-state index in [0.717, 1.165) is 41.6 Å². The Bertz CT molecular complexity index is 652. The fraction of sp³-hybridized carbons (Fsp3) is 0.474. The molecule has 0 saturated heterocycles. The van der Waals surface area contributed by atoms with Gasteiger partial charge in [0, 0.05) is 18.4 Å². The third kappa shape index (κ3) is 3.29. The van der Waals surface area contributed by atoms with Gasteiger partial charge in [0.25, 0.3) is 0 Å². The zero-order valence-electron chi connectivity index (χ0n) is 13.6. The summed E-state index contributed by atoms with van der Waals surface area (Å²) < 4.78 is 6.00. The molecular formula is C19H24N2O. The first-order valence-electron chi connectivity index (χ1n) is 8.40. The van der Waals surface area contributed by atoms with E-state index in [1.807, 2.05) is 19.1 Å². The highest BCUT2D eigenvalue weighted by molar-refractivity contribution is 5.48. The van der Waals surface area contributed by atoms with Crippen LogP contribution in [-0.4, -0.2) is 9.97 Å². The van der Waals surface area contributed by atoms with Gasteiger partial charge in [-0.2, -0.15) is 0 Å². The van der Waals surface area contributed by atoms with Crippen molar-refractivity contribution < 1.29 is 4.74 Å². The second-order valence-corrected chi connectivity index (χ2v) is 6.05. The molecule has 2 aromatic rings. The third-order valence-corrected chi connectivity index (χ3v) is 4.20. The fourth-order valence-electron chi connectivity index (χ4n) is 2.98. The van der Waals surface area contributed by atoms with Crippen molar-refractivity contribution in [3.05, 3.63) is 47.0 Å². The molecule has 0 bridgehead atoms. The van der Waals surface area contributed by atoms with Crippen LogP contribution in [0.25, 0.3) is 0 Å². The summed E-state index contributed by atoms with van der Waals surface area (Å²) in [6.45, 7) is 4.27. The summed E-state index contributed by atoms with van der Waals surface area (Å²) in [5.41, 5.74) is 3.21. The Labute approximate surface area is 132 Å². The Kier molecular flexibility index (Phi) is 4.71. The van der Waals surface area contributed by atoms with E-state index in [1.54, 1.807) is 0 Å². The summed E-state index contributed by atoms with van der Waals surface area (Å²) in [5.74, 6) is 2.76. The molecule has 116 valence electrons. The van der Waals surface area contributed by atoms with E-state index in [1.165, 1.54) is 37.7 Å². The summed E-state index contributed by atoms with van der Waals surface area (Å²) in [6.07, 6.45) is 8.19. The maximum Gasteiger partial charge on any atom is 0.170 e. The molecule has 0 radical (unpaired) electrons. The molecule has 0 fully saturated rings. The van der Waals surface area contributed by atoms with E-state index >= 15 is 0 Å². The maximum absolute atomic E-state index is 6.00. The summed E-state index contributed by atoms with van der Waals surface area (Å²) in [7, 11) is 0. The highest BCUT2D eigenvalue weighted by atomic mass is 16.5. The second-order valence-electron chi connectivity index (χ2n) is 6.05. The molecule has 2 heterocycles. The van der Waals surface area contributed by atoms with E-state index < -0.39 is 0 Å². The van der Waals surface area contributed by atoms with Crippen LogP contribution >= 0.6 is 0 Å². The normalized spacial score (nSPS) is 12.5. The number of fused-ring (bicyclic) bond motifs is 2. The minimum atomic E-state index is 0.845. The van der Waals surface area contributed by atoms with Crippen LogP contribution in [0, 0.1) is 6.92 Å². The molecule has 0 N–H and O–H groups in total. The van der Waals surface area contributed by atoms with Crippen LogP contribution in [0.5, 0.6) is 11.5 Å². The van der Waals surface area contributed by atoms with Gasteiger partial charge in [0.2, 0.25) is 0 Å². The van der Waals surface area contributed by atoms with Crippen LogP contribution in [0.3, 0.4) is 0 Å². The van der Waals surface area contributed by atoms with Crippen molar-refractivity contribution >= 4 is 0 Å². The van der Waals surface area contributed by atoms with E-state index in [4.69, 9.17) is 9.72 Å². The lowest BCUT2D eigenvalue weighted by Gasteiger charge is -2.21. The van der Waals surface area contributed by atoms with Crippen LogP contribution in [0.15, 0.2) is 24.3 Å². The Balaban J connectivity index is 1.71. The summed E-state index contributed by atoms with van der Waals surface area (Å²) in [6, 6.07) is 8.18. The van der Waals surface area contributed by atoms with Crippen LogP contribution in [-0.2, 0) is 12.8 Å². The molecule has 3 rings (SSSR count). The number of rotatable bonds is 6. The van der Waals surface area contributed by atoms with E-state index in [9.17, 15) is 0 Å². The van der Waals surface area contributed by atoms with Crippen molar-refractivity contribution in [2.75, 3.05) is 0 Å². The smallest absolute Gasteiger partial charge is 0.170 e. The molecule has 3 heteroatoms. The summed E-state index contributed by atoms with van der Waals surface area (Å²) >= 11 is 0. The average molecular weight is 296 g/mol. The van der Waals surface area contributed by atoms with Gasteiger partial charge >= 0.3 is 0 Å². The topological polar surface area (TPSA) is 35.0 Å². The fourth-order valence-corrected chi connectivity index (χ4v) is 2.98. The predicted molar refractivity (Wildman–Crippen MR) is 88.6 cm³/mol. The van der Waals surface area contributed by atoms with Gasteiger partial charge in [-0.15, -0.1) is 0 Å². The van der Waals surface area contributed by atoms with Crippen LogP contribution in [0.1, 0.15) is 61.8 Å². The van der Waals surface area contributed by atoms with Crippen LogP contribution in [0.4, 0.5) is 0 Å². The lowest BCUT2D eigenvalue weighted by Crippen LogP contribution is -2.10. The van der Waals surface area contributed by atoms with Gasteiger partial charge in [-0.25, -0.2) is 9.97 Å². The van der Waals surface area contributed by atoms with E-state index in [2.05, 4.69) is 24.0 Å². The minimum Gasteiger partial charge on any atom is -0.453 e. The molecule has 0 unspecified atom stereocenters. The molecule has 1 aromatic heterocycles. The Morgan fingerprint density at radius 1 is 1.05 bits per heavy atom. The van der Waals surface area contributed by atoms with E-state index in [0.29, 0.717) is 0 Å². The van der Waals surface area contributed by atoms with Crippen molar-refractivity contribution in [2.45, 2.75) is 58.8 Å². The number of aromatic nitrogens is 2. The lowest BCUT2D eigenvalue weighted by molar-refractivity contribution is 0.445. The van der Waals surface area contributed by atoms with Gasteiger partial charge in [-0.1, -0.05) is 50.8 Å². The minimum absolute atomic E-state index is 0.845. The molecule has 0 saturated carbocycles. The highest BCUT2D eigenvalue weighted by Gasteiger charge is 2.21. The number of benzene rings is 1. The standard InChI is InChI=1S/C19H24N2O/c1-3-4-5-6-7-12-18-20-14(2)19-16(21-18)13-15-10-8-9-11-17(15)22-19/h8-11H,3-7,12-13H2,1-2H3. The molecule has 1 aliphatic heterocycles. The van der Waals surface area contributed by atoms with E-state index in [-0.39, 0.29) is 0 Å². The largest absolute Gasteiger partial charge is 0.453 e. The molecular weight excluding hydrogens is 272 g/mol. The highest BCUT2D eigenvalue weighted by Crippen LogP contribution is 2.36. The van der Waals surface area contributed by atoms with Crippen molar-refractivity contribution in [1.29, 1.82) is 0 Å². The SMILES string of the molecule is CCCCCCCc1nc(C)c2c(n1)Cc1ccccc1O2. The second kappa shape index (κ2) is 6.91. The van der Waals surface area contributed by atoms with Gasteiger partial charge in [0.15, 0.2) is 5.75 Å². The number of ether oxygens (including phenoxy) is 1. The summed E-state index contributed by atoms with van der Waals surface area (Å²) in [5, 5.41) is 0. The zero-order chi connectivity index (χ0) is 15.4. The quantitative estimate of drug-likeness (QED) is 0.601. The first kappa shape index (κ1) is 15.0. The van der Waals surface area contributed by atoms with Crippen molar-refractivity contribution in [3.63, 3.8) is 0 Å². The number of nitrogens with zero attached hydrogens (tertiary/aromatic N) is 2. The molecule has 0 atom stereocenters. The van der Waals surface area contributed by atoms with Gasteiger partial charge in [0.1, 0.15) is 11.6 Å². The summed E-state index contributed by atoms with van der Waals surface area (Å²) in [4.78, 5) is 9.40. The molecule has 0 spiro atoms. The lowest BCUT2D eigenvalue weighted by atomic mass is 10.0. The Hall–Kier alpha value is -1.90. The number of hydrogen-bond donors (Lipinski definition) is 0. The molecule has 1 aromatic carbocycles. The molecule has 3 nitrogen and oxygen atoms in total. The molecule has 22 heavy (non-hydrogen) atoms. The van der Waals surface area contributed by atoms with Crippen LogP contribution < -0.4 is 4.74 Å². The van der Waals surface area contributed by atoms with Gasteiger partial charge in [0.05, 0.1) is 11.4 Å². The molecule has 1 aliphatic rings. The van der Waals surface area contributed by atoms with Gasteiger partial charge in [-0.3, -0.25) is 0 Å².